The molecule has 2 bridgehead atoms. The van der Waals surface area contributed by atoms with Crippen molar-refractivity contribution in [2.75, 3.05) is 19.6 Å². The van der Waals surface area contributed by atoms with Gasteiger partial charge >= 0.3 is 0 Å². The highest BCUT2D eigenvalue weighted by Gasteiger charge is 2.55. The van der Waals surface area contributed by atoms with Crippen molar-refractivity contribution in [2.45, 2.75) is 31.3 Å². The summed E-state index contributed by atoms with van der Waals surface area (Å²) >= 11 is 0. The van der Waals surface area contributed by atoms with Gasteiger partial charge in [-0.1, -0.05) is 84.9 Å². The van der Waals surface area contributed by atoms with Gasteiger partial charge in [0.25, 0.3) is 0 Å². The lowest BCUT2D eigenvalue weighted by molar-refractivity contribution is -0.125. The Morgan fingerprint density at radius 2 is 1.24 bits per heavy atom. The second-order valence-electron chi connectivity index (χ2n) is 8.81. The Kier molecular flexibility index (Phi) is 4.77. The Balaban J connectivity index is 1.60. The molecule has 0 radical (unpaired) electrons. The van der Waals surface area contributed by atoms with Crippen LogP contribution in [0.1, 0.15) is 41.5 Å². The Labute approximate surface area is 173 Å². The third-order valence-corrected chi connectivity index (χ3v) is 7.27. The molecule has 0 saturated carbocycles. The van der Waals surface area contributed by atoms with E-state index in [0.717, 1.165) is 56.4 Å². The molecule has 2 nitrogen and oxygen atoms in total. The number of nitrogens with zero attached hydrogens (tertiary/aromatic N) is 1. The summed E-state index contributed by atoms with van der Waals surface area (Å²) in [4.78, 5) is 2.54. The molecule has 6 rings (SSSR count). The first-order valence-electron chi connectivity index (χ1n) is 10.8. The van der Waals surface area contributed by atoms with Gasteiger partial charge in [-0.15, -0.1) is 0 Å². The van der Waals surface area contributed by atoms with E-state index in [1.54, 1.807) is 0 Å². The van der Waals surface area contributed by atoms with Crippen LogP contribution in [0.3, 0.4) is 0 Å². The Morgan fingerprint density at radius 1 is 0.690 bits per heavy atom. The van der Waals surface area contributed by atoms with Gasteiger partial charge in [0, 0.05) is 5.41 Å². The average molecular weight is 384 g/mol. The zero-order valence-corrected chi connectivity index (χ0v) is 16.9. The molecule has 0 amide bonds. The molecule has 1 atom stereocenters. The molecule has 1 N–H and O–H groups in total. The lowest BCUT2D eigenvalue weighted by Crippen LogP contribution is -2.58. The maximum absolute atomic E-state index is 12.5. The summed E-state index contributed by atoms with van der Waals surface area (Å²) in [5, 5.41) is 12.5. The third kappa shape index (κ3) is 3.21. The van der Waals surface area contributed by atoms with Crippen LogP contribution < -0.4 is 0 Å². The maximum atomic E-state index is 12.5. The van der Waals surface area contributed by atoms with E-state index >= 15 is 0 Å². The minimum absolute atomic E-state index is 0.0888. The molecule has 0 aromatic heterocycles. The van der Waals surface area contributed by atoms with Crippen LogP contribution in [0.25, 0.3) is 0 Å². The predicted octanol–water partition coefficient (Wildman–Crippen LogP) is 5.00. The van der Waals surface area contributed by atoms with E-state index < -0.39 is 5.60 Å². The van der Waals surface area contributed by atoms with Crippen LogP contribution in [0.2, 0.25) is 0 Å². The number of piperidine rings is 3. The van der Waals surface area contributed by atoms with Crippen molar-refractivity contribution in [1.82, 2.24) is 4.90 Å². The van der Waals surface area contributed by atoms with Crippen molar-refractivity contribution in [3.05, 3.63) is 107 Å². The van der Waals surface area contributed by atoms with E-state index in [0.29, 0.717) is 0 Å². The number of aliphatic hydroxyl groups is 1. The van der Waals surface area contributed by atoms with Crippen LogP contribution in [0.15, 0.2) is 84.9 Å². The highest BCUT2D eigenvalue weighted by Crippen LogP contribution is 2.55. The van der Waals surface area contributed by atoms with Crippen molar-refractivity contribution >= 4 is 0 Å². The maximum Gasteiger partial charge on any atom is 0.120 e. The molecule has 3 aliphatic heterocycles. The summed E-state index contributed by atoms with van der Waals surface area (Å²) in [5.74, 6) is 0. The van der Waals surface area contributed by atoms with Gasteiger partial charge in [0.05, 0.1) is 0 Å². The molecule has 148 valence electrons. The first kappa shape index (κ1) is 18.6. The molecule has 3 aliphatic rings. The number of fused-ring (bicyclic) bond motifs is 3. The SMILES string of the molecule is OC(c1ccccc1)(c1cccc(Cc2ccccc2)c1)C12CCN(CC1)CC2. The zero-order valence-electron chi connectivity index (χ0n) is 16.9. The van der Waals surface area contributed by atoms with Crippen LogP contribution >= 0.6 is 0 Å². The van der Waals surface area contributed by atoms with Gasteiger partial charge in [0.2, 0.25) is 0 Å². The van der Waals surface area contributed by atoms with Crippen LogP contribution in [0.5, 0.6) is 0 Å². The summed E-state index contributed by atoms with van der Waals surface area (Å²) in [7, 11) is 0. The standard InChI is InChI=1S/C27H29NO/c29-27(24-11-5-2-6-12-24,26-14-17-28(18-15-26)19-16-26)25-13-7-10-23(21-25)20-22-8-3-1-4-9-22/h1-13,21,29H,14-20H2. The van der Waals surface area contributed by atoms with E-state index in [2.05, 4.69) is 83.8 Å². The highest BCUT2D eigenvalue weighted by molar-refractivity contribution is 5.42. The zero-order chi connectivity index (χ0) is 19.7. The van der Waals surface area contributed by atoms with Gasteiger partial charge < -0.3 is 10.0 Å². The summed E-state index contributed by atoms with van der Waals surface area (Å²) in [6, 6.07) is 29.6. The predicted molar refractivity (Wildman–Crippen MR) is 118 cm³/mol. The molecule has 0 aliphatic carbocycles. The largest absolute Gasteiger partial charge is 0.380 e. The Bertz CT molecular complexity index is 946. The molecular weight excluding hydrogens is 354 g/mol. The van der Waals surface area contributed by atoms with E-state index in [1.165, 1.54) is 11.1 Å². The number of benzene rings is 3. The summed E-state index contributed by atoms with van der Waals surface area (Å²) in [6.07, 6.45) is 4.06. The van der Waals surface area contributed by atoms with Gasteiger partial charge in [-0.25, -0.2) is 0 Å². The highest BCUT2D eigenvalue weighted by atomic mass is 16.3. The molecule has 3 heterocycles. The van der Waals surface area contributed by atoms with Crippen LogP contribution in [-0.4, -0.2) is 29.6 Å². The molecule has 3 saturated heterocycles. The molecule has 0 spiro atoms. The summed E-state index contributed by atoms with van der Waals surface area (Å²) in [5.41, 5.74) is 3.60. The first-order valence-corrected chi connectivity index (χ1v) is 10.8. The van der Waals surface area contributed by atoms with Crippen LogP contribution in [-0.2, 0) is 12.0 Å². The van der Waals surface area contributed by atoms with Gasteiger partial charge in [-0.05, 0) is 67.6 Å². The quantitative estimate of drug-likeness (QED) is 0.670. The molecule has 1 unspecified atom stereocenters. The van der Waals surface area contributed by atoms with Crippen molar-refractivity contribution in [3.63, 3.8) is 0 Å². The summed E-state index contributed by atoms with van der Waals surface area (Å²) in [6.45, 7) is 3.29. The Morgan fingerprint density at radius 3 is 1.90 bits per heavy atom. The molecular formula is C27H29NO. The first-order chi connectivity index (χ1) is 14.2. The van der Waals surface area contributed by atoms with Crippen molar-refractivity contribution in [2.24, 2.45) is 5.41 Å². The Hall–Kier alpha value is -2.42. The lowest BCUT2D eigenvalue weighted by Gasteiger charge is -2.56. The molecule has 3 aromatic rings. The monoisotopic (exact) mass is 383 g/mol. The van der Waals surface area contributed by atoms with Crippen LogP contribution in [0, 0.1) is 5.41 Å². The topological polar surface area (TPSA) is 23.5 Å². The minimum atomic E-state index is -0.951. The summed E-state index contributed by atoms with van der Waals surface area (Å²) < 4.78 is 0. The smallest absolute Gasteiger partial charge is 0.120 e. The number of rotatable bonds is 5. The molecule has 3 fully saturated rings. The van der Waals surface area contributed by atoms with Gasteiger partial charge in [0.1, 0.15) is 5.60 Å². The fraction of sp³-hybridized carbons (Fsp3) is 0.333. The molecule has 3 aromatic carbocycles. The normalized spacial score (nSPS) is 25.5. The van der Waals surface area contributed by atoms with Gasteiger partial charge in [-0.3, -0.25) is 0 Å². The fourth-order valence-electron chi connectivity index (χ4n) is 5.57. The van der Waals surface area contributed by atoms with Gasteiger partial charge in [0.15, 0.2) is 0 Å². The third-order valence-electron chi connectivity index (χ3n) is 7.27. The van der Waals surface area contributed by atoms with E-state index in [1.807, 2.05) is 6.07 Å². The molecule has 29 heavy (non-hydrogen) atoms. The van der Waals surface area contributed by atoms with E-state index in [-0.39, 0.29) is 5.41 Å². The minimum Gasteiger partial charge on any atom is -0.380 e. The fourth-order valence-corrected chi connectivity index (χ4v) is 5.57. The average Bonchev–Trinajstić information content (AvgIpc) is 2.81. The second kappa shape index (κ2) is 7.44. The number of hydrogen-bond acceptors (Lipinski definition) is 2. The van der Waals surface area contributed by atoms with Crippen molar-refractivity contribution < 1.29 is 5.11 Å². The lowest BCUT2D eigenvalue weighted by atomic mass is 9.57. The van der Waals surface area contributed by atoms with Crippen LogP contribution in [0.4, 0.5) is 0 Å². The van der Waals surface area contributed by atoms with Crippen molar-refractivity contribution in [1.29, 1.82) is 0 Å². The number of hydrogen-bond donors (Lipinski definition) is 1. The van der Waals surface area contributed by atoms with E-state index in [4.69, 9.17) is 0 Å². The second-order valence-corrected chi connectivity index (χ2v) is 8.81. The van der Waals surface area contributed by atoms with Gasteiger partial charge in [-0.2, -0.15) is 0 Å². The molecule has 2 heteroatoms. The van der Waals surface area contributed by atoms with E-state index in [9.17, 15) is 5.11 Å². The van der Waals surface area contributed by atoms with Crippen molar-refractivity contribution in [3.8, 4) is 0 Å².